The molecule has 1 aromatic rings. The second-order valence-corrected chi connectivity index (χ2v) is 7.53. The van der Waals surface area contributed by atoms with E-state index in [1.54, 1.807) is 24.3 Å². The summed E-state index contributed by atoms with van der Waals surface area (Å²) in [7, 11) is -3.19. The van der Waals surface area contributed by atoms with Gasteiger partial charge in [0.15, 0.2) is 9.84 Å². The fourth-order valence-corrected chi connectivity index (χ4v) is 2.53. The molecule has 0 aliphatic rings. The van der Waals surface area contributed by atoms with Gasteiger partial charge in [0.05, 0.1) is 10.9 Å². The maximum absolute atomic E-state index is 11.8. The van der Waals surface area contributed by atoms with Crippen molar-refractivity contribution in [3.63, 3.8) is 0 Å². The predicted molar refractivity (Wildman–Crippen MR) is 83.6 cm³/mol. The fourth-order valence-electron chi connectivity index (χ4n) is 1.90. The third-order valence-corrected chi connectivity index (χ3v) is 4.58. The number of hydrogen-bond donors (Lipinski definition) is 2. The Labute approximate surface area is 126 Å². The van der Waals surface area contributed by atoms with E-state index in [9.17, 15) is 13.2 Å². The summed E-state index contributed by atoms with van der Waals surface area (Å²) in [5.74, 6) is 0.315. The number of benzene rings is 1. The van der Waals surface area contributed by atoms with Gasteiger partial charge >= 0.3 is 0 Å². The number of nitrogens with two attached hydrogens (primary N) is 1. The maximum Gasteiger partial charge on any atom is 0.220 e. The van der Waals surface area contributed by atoms with Gasteiger partial charge in [0.2, 0.25) is 5.91 Å². The van der Waals surface area contributed by atoms with Crippen molar-refractivity contribution in [1.29, 1.82) is 0 Å². The minimum absolute atomic E-state index is 0.0185. The van der Waals surface area contributed by atoms with Crippen LogP contribution in [0, 0.1) is 5.92 Å². The molecule has 0 bridgehead atoms. The van der Waals surface area contributed by atoms with Gasteiger partial charge in [-0.25, -0.2) is 8.42 Å². The number of carbonyl (C=O) groups excluding carboxylic acids is 1. The second-order valence-electron chi connectivity index (χ2n) is 5.51. The van der Waals surface area contributed by atoms with Crippen LogP contribution >= 0.6 is 0 Å². The lowest BCUT2D eigenvalue weighted by molar-refractivity contribution is -0.122. The highest BCUT2D eigenvalue weighted by atomic mass is 32.2. The first-order chi connectivity index (χ1) is 9.74. The van der Waals surface area contributed by atoms with Crippen LogP contribution in [0.15, 0.2) is 29.2 Å². The van der Waals surface area contributed by atoms with E-state index in [2.05, 4.69) is 5.32 Å². The SMILES string of the molecule is CC(CN)CCC(=O)NC(C)c1ccc(S(C)(=O)=O)cc1. The van der Waals surface area contributed by atoms with Gasteiger partial charge in [-0.1, -0.05) is 19.1 Å². The van der Waals surface area contributed by atoms with E-state index in [0.717, 1.165) is 12.0 Å². The number of amides is 1. The zero-order chi connectivity index (χ0) is 16.0. The lowest BCUT2D eigenvalue weighted by Gasteiger charge is -2.15. The average molecular weight is 312 g/mol. The summed E-state index contributed by atoms with van der Waals surface area (Å²) in [5, 5.41) is 2.90. The van der Waals surface area contributed by atoms with Crippen LogP contribution in [0.5, 0.6) is 0 Å². The van der Waals surface area contributed by atoms with Crippen molar-refractivity contribution >= 4 is 15.7 Å². The molecule has 0 heterocycles. The molecule has 0 aliphatic carbocycles. The highest BCUT2D eigenvalue weighted by Gasteiger charge is 2.12. The van der Waals surface area contributed by atoms with Crippen LogP contribution in [0.25, 0.3) is 0 Å². The molecule has 2 unspecified atom stereocenters. The lowest BCUT2D eigenvalue weighted by atomic mass is 10.0. The lowest BCUT2D eigenvalue weighted by Crippen LogP contribution is -2.27. The van der Waals surface area contributed by atoms with E-state index in [1.165, 1.54) is 6.26 Å². The highest BCUT2D eigenvalue weighted by Crippen LogP contribution is 2.16. The standard InChI is InChI=1S/C15H24N2O3S/c1-11(10-16)4-9-15(18)17-12(2)13-5-7-14(8-6-13)21(3,19)20/h5-8,11-12H,4,9-10,16H2,1-3H3,(H,17,18). The quantitative estimate of drug-likeness (QED) is 0.801. The van der Waals surface area contributed by atoms with Crippen LogP contribution in [-0.2, 0) is 14.6 Å². The molecule has 0 aromatic heterocycles. The molecular weight excluding hydrogens is 288 g/mol. The molecule has 0 saturated heterocycles. The Balaban J connectivity index is 2.59. The van der Waals surface area contributed by atoms with Crippen LogP contribution in [0.1, 0.15) is 38.3 Å². The minimum atomic E-state index is -3.19. The predicted octanol–water partition coefficient (Wildman–Crippen LogP) is 1.64. The van der Waals surface area contributed by atoms with Crippen molar-refractivity contribution in [1.82, 2.24) is 5.32 Å². The summed E-state index contributed by atoms with van der Waals surface area (Å²) in [6.07, 6.45) is 2.39. The van der Waals surface area contributed by atoms with Crippen molar-refractivity contribution in [2.75, 3.05) is 12.8 Å². The summed E-state index contributed by atoms with van der Waals surface area (Å²) in [4.78, 5) is 12.1. The molecule has 118 valence electrons. The Hall–Kier alpha value is -1.40. The van der Waals surface area contributed by atoms with Gasteiger partial charge < -0.3 is 11.1 Å². The van der Waals surface area contributed by atoms with Crippen LogP contribution in [0.3, 0.4) is 0 Å². The molecule has 0 radical (unpaired) electrons. The van der Waals surface area contributed by atoms with Gasteiger partial charge in [0.25, 0.3) is 0 Å². The van der Waals surface area contributed by atoms with Gasteiger partial charge in [0.1, 0.15) is 0 Å². The molecule has 6 heteroatoms. The van der Waals surface area contributed by atoms with Crippen molar-refractivity contribution in [3.8, 4) is 0 Å². The van der Waals surface area contributed by atoms with Gasteiger partial charge in [0, 0.05) is 12.7 Å². The number of rotatable bonds is 7. The maximum atomic E-state index is 11.8. The number of hydrogen-bond acceptors (Lipinski definition) is 4. The second kappa shape index (κ2) is 7.56. The van der Waals surface area contributed by atoms with Crippen LogP contribution in [0.4, 0.5) is 0 Å². The van der Waals surface area contributed by atoms with Crippen LogP contribution < -0.4 is 11.1 Å². The topological polar surface area (TPSA) is 89.3 Å². The molecule has 3 N–H and O–H groups in total. The first-order valence-corrected chi connectivity index (χ1v) is 8.92. The van der Waals surface area contributed by atoms with Crippen molar-refractivity contribution in [3.05, 3.63) is 29.8 Å². The Kier molecular flexibility index (Phi) is 6.36. The first kappa shape index (κ1) is 17.7. The number of sulfone groups is 1. The summed E-state index contributed by atoms with van der Waals surface area (Å²) < 4.78 is 22.8. The largest absolute Gasteiger partial charge is 0.350 e. The van der Waals surface area contributed by atoms with Gasteiger partial charge in [-0.2, -0.15) is 0 Å². The third-order valence-electron chi connectivity index (χ3n) is 3.45. The smallest absolute Gasteiger partial charge is 0.220 e. The van der Waals surface area contributed by atoms with E-state index >= 15 is 0 Å². The van der Waals surface area contributed by atoms with E-state index in [1.807, 2.05) is 13.8 Å². The molecule has 0 aliphatic heterocycles. The summed E-state index contributed by atoms with van der Waals surface area (Å²) in [6.45, 7) is 4.47. The van der Waals surface area contributed by atoms with Crippen molar-refractivity contribution in [2.45, 2.75) is 37.6 Å². The van der Waals surface area contributed by atoms with E-state index in [0.29, 0.717) is 18.9 Å². The van der Waals surface area contributed by atoms with Crippen molar-refractivity contribution in [2.24, 2.45) is 11.7 Å². The van der Waals surface area contributed by atoms with E-state index in [4.69, 9.17) is 5.73 Å². The molecular formula is C15H24N2O3S. The van der Waals surface area contributed by atoms with E-state index in [-0.39, 0.29) is 16.8 Å². The summed E-state index contributed by atoms with van der Waals surface area (Å²) >= 11 is 0. The Morgan fingerprint density at radius 1 is 1.24 bits per heavy atom. The third kappa shape index (κ3) is 5.85. The Morgan fingerprint density at radius 3 is 2.29 bits per heavy atom. The molecule has 21 heavy (non-hydrogen) atoms. The fraction of sp³-hybridized carbons (Fsp3) is 0.533. The van der Waals surface area contributed by atoms with Crippen LogP contribution in [-0.4, -0.2) is 27.1 Å². The zero-order valence-corrected chi connectivity index (χ0v) is 13.6. The molecule has 5 nitrogen and oxygen atoms in total. The molecule has 0 saturated carbocycles. The zero-order valence-electron chi connectivity index (χ0n) is 12.8. The minimum Gasteiger partial charge on any atom is -0.350 e. The summed E-state index contributed by atoms with van der Waals surface area (Å²) in [6, 6.07) is 6.42. The normalized spacial score (nSPS) is 14.5. The van der Waals surface area contributed by atoms with Gasteiger partial charge in [-0.05, 0) is 43.5 Å². The van der Waals surface area contributed by atoms with Crippen molar-refractivity contribution < 1.29 is 13.2 Å². The molecule has 1 aromatic carbocycles. The summed E-state index contributed by atoms with van der Waals surface area (Å²) in [5.41, 5.74) is 6.40. The molecule has 1 rings (SSSR count). The first-order valence-electron chi connectivity index (χ1n) is 7.03. The van der Waals surface area contributed by atoms with Crippen LogP contribution in [0.2, 0.25) is 0 Å². The average Bonchev–Trinajstić information content (AvgIpc) is 2.43. The monoisotopic (exact) mass is 312 g/mol. The molecule has 1 amide bonds. The van der Waals surface area contributed by atoms with E-state index < -0.39 is 9.84 Å². The molecule has 2 atom stereocenters. The number of nitrogens with one attached hydrogen (secondary N) is 1. The molecule has 0 fully saturated rings. The molecule has 0 spiro atoms. The number of carbonyl (C=O) groups is 1. The highest BCUT2D eigenvalue weighted by molar-refractivity contribution is 7.90. The van der Waals surface area contributed by atoms with Gasteiger partial charge in [-0.3, -0.25) is 4.79 Å². The van der Waals surface area contributed by atoms with Gasteiger partial charge in [-0.15, -0.1) is 0 Å². The Morgan fingerprint density at radius 2 is 1.81 bits per heavy atom. The Bertz CT molecular complexity index is 567.